The zero-order valence-corrected chi connectivity index (χ0v) is 23.7. The molecule has 1 aromatic rings. The number of benzene rings is 1. The third kappa shape index (κ3) is 7.60. The first-order valence-electron chi connectivity index (χ1n) is 13.7. The Morgan fingerprint density at radius 3 is 2.26 bits per heavy atom. The zero-order chi connectivity index (χ0) is 33.9. The van der Waals surface area contributed by atoms with E-state index in [1.54, 1.807) is 0 Å². The second kappa shape index (κ2) is 13.9. The van der Waals surface area contributed by atoms with Crippen LogP contribution in [0.2, 0.25) is 0 Å². The molecule has 4 rings (SSSR count). The SMILES string of the molecule is O=C(O)CCCC(=O)O[C@H]1O[C@H](Oc2cc3c(cc2O)N(/C=C/C2=CC(C(=O)O)=N[C@H](C(=O)O)C2)[C@H](C(=O)O)C3)[C@H](O)[C@@H](O)[C@@H]1O. The quantitative estimate of drug-likeness (QED) is 0.125. The minimum absolute atomic E-state index is 0.0767. The number of phenols is 1. The number of aliphatic hydroxyl groups excluding tert-OH is 3. The van der Waals surface area contributed by atoms with Gasteiger partial charge in [-0.2, -0.15) is 0 Å². The van der Waals surface area contributed by atoms with Gasteiger partial charge in [-0.25, -0.2) is 14.4 Å². The number of aromatic hydroxyl groups is 1. The van der Waals surface area contributed by atoms with Gasteiger partial charge in [0.25, 0.3) is 0 Å². The molecule has 248 valence electrons. The first-order chi connectivity index (χ1) is 21.7. The normalized spacial score (nSPS) is 27.4. The molecule has 0 aromatic heterocycles. The highest BCUT2D eigenvalue weighted by Gasteiger charge is 2.47. The van der Waals surface area contributed by atoms with E-state index in [0.717, 1.165) is 12.1 Å². The molecule has 46 heavy (non-hydrogen) atoms. The average molecular weight is 651 g/mol. The van der Waals surface area contributed by atoms with Crippen molar-refractivity contribution in [1.82, 2.24) is 0 Å². The zero-order valence-electron chi connectivity index (χ0n) is 23.7. The number of carboxylic acid groups (broad SMARTS) is 4. The minimum Gasteiger partial charge on any atom is -0.504 e. The number of hydrogen-bond acceptors (Lipinski definition) is 14. The van der Waals surface area contributed by atoms with E-state index in [-0.39, 0.29) is 49.1 Å². The number of aliphatic hydroxyl groups is 3. The number of allylic oxidation sites excluding steroid dienone is 1. The van der Waals surface area contributed by atoms with Crippen LogP contribution < -0.4 is 9.64 Å². The van der Waals surface area contributed by atoms with Crippen molar-refractivity contribution >= 4 is 41.2 Å². The summed E-state index contributed by atoms with van der Waals surface area (Å²) in [5.41, 5.74) is 0.267. The summed E-state index contributed by atoms with van der Waals surface area (Å²) in [6.45, 7) is 0. The monoisotopic (exact) mass is 650 g/mol. The number of fused-ring (bicyclic) bond motifs is 1. The number of carbonyl (C=O) groups is 5. The second-order valence-electron chi connectivity index (χ2n) is 10.5. The highest BCUT2D eigenvalue weighted by Crippen LogP contribution is 2.42. The number of carboxylic acids is 4. The van der Waals surface area contributed by atoms with E-state index in [1.165, 1.54) is 23.2 Å². The largest absolute Gasteiger partial charge is 0.504 e. The number of phenolic OH excluding ortho intramolecular Hbond substituents is 1. The van der Waals surface area contributed by atoms with Gasteiger partial charge in [0.05, 0.1) is 0 Å². The Morgan fingerprint density at radius 1 is 0.935 bits per heavy atom. The van der Waals surface area contributed by atoms with Crippen LogP contribution in [0.1, 0.15) is 31.2 Å². The molecule has 0 saturated carbocycles. The van der Waals surface area contributed by atoms with Crippen molar-refractivity contribution in [3.8, 4) is 11.5 Å². The van der Waals surface area contributed by atoms with E-state index >= 15 is 0 Å². The van der Waals surface area contributed by atoms with Gasteiger partial charge in [-0.3, -0.25) is 19.3 Å². The lowest BCUT2D eigenvalue weighted by Gasteiger charge is -2.39. The fourth-order valence-corrected chi connectivity index (χ4v) is 4.93. The summed E-state index contributed by atoms with van der Waals surface area (Å²) in [5, 5.41) is 78.9. The molecule has 1 fully saturated rings. The number of carbonyl (C=O) groups excluding carboxylic acids is 1. The summed E-state index contributed by atoms with van der Waals surface area (Å²) in [4.78, 5) is 62.6. The van der Waals surface area contributed by atoms with Crippen molar-refractivity contribution in [3.05, 3.63) is 41.6 Å². The summed E-state index contributed by atoms with van der Waals surface area (Å²) < 4.78 is 15.8. The van der Waals surface area contributed by atoms with Crippen LogP contribution in [0.4, 0.5) is 5.69 Å². The Kier molecular flexibility index (Phi) is 10.3. The fourth-order valence-electron chi connectivity index (χ4n) is 4.93. The number of rotatable bonds is 12. The maximum absolute atomic E-state index is 12.1. The number of aliphatic imine (C=N–C) groups is 1. The number of dihydropyridines is 1. The molecule has 18 heteroatoms. The van der Waals surface area contributed by atoms with E-state index in [1.807, 2.05) is 0 Å². The van der Waals surface area contributed by atoms with Gasteiger partial charge in [0.2, 0.25) is 12.6 Å². The van der Waals surface area contributed by atoms with Crippen LogP contribution in [0.15, 0.2) is 41.1 Å². The van der Waals surface area contributed by atoms with Gasteiger partial charge in [-0.05, 0) is 35.8 Å². The molecule has 18 nitrogen and oxygen atoms in total. The minimum atomic E-state index is -1.94. The summed E-state index contributed by atoms with van der Waals surface area (Å²) in [7, 11) is 0. The van der Waals surface area contributed by atoms with Gasteiger partial charge in [0, 0.05) is 43.6 Å². The lowest BCUT2D eigenvalue weighted by molar-refractivity contribution is -0.324. The lowest BCUT2D eigenvalue weighted by Crippen LogP contribution is -2.60. The molecule has 0 aliphatic carbocycles. The Balaban J connectivity index is 1.54. The number of hydrogen-bond donors (Lipinski definition) is 8. The van der Waals surface area contributed by atoms with Gasteiger partial charge >= 0.3 is 29.8 Å². The van der Waals surface area contributed by atoms with E-state index < -0.39 is 84.3 Å². The molecule has 7 atom stereocenters. The molecule has 1 saturated heterocycles. The number of esters is 1. The van der Waals surface area contributed by atoms with Crippen molar-refractivity contribution in [3.63, 3.8) is 0 Å². The second-order valence-corrected chi connectivity index (χ2v) is 10.5. The lowest BCUT2D eigenvalue weighted by atomic mass is 10.0. The third-order valence-electron chi connectivity index (χ3n) is 7.26. The van der Waals surface area contributed by atoms with Crippen LogP contribution in [0.25, 0.3) is 0 Å². The maximum atomic E-state index is 12.1. The van der Waals surface area contributed by atoms with Gasteiger partial charge in [-0.1, -0.05) is 0 Å². The van der Waals surface area contributed by atoms with Crippen LogP contribution >= 0.6 is 0 Å². The van der Waals surface area contributed by atoms with Crippen molar-refractivity contribution in [1.29, 1.82) is 0 Å². The molecule has 3 heterocycles. The number of aliphatic carboxylic acids is 4. The van der Waals surface area contributed by atoms with E-state index in [4.69, 9.17) is 19.3 Å². The molecule has 0 spiro atoms. The van der Waals surface area contributed by atoms with E-state index in [9.17, 15) is 59.7 Å². The molecule has 0 bridgehead atoms. The molecular formula is C28H30N2O16. The highest BCUT2D eigenvalue weighted by molar-refractivity contribution is 6.41. The summed E-state index contributed by atoms with van der Waals surface area (Å²) >= 11 is 0. The first kappa shape index (κ1) is 33.8. The highest BCUT2D eigenvalue weighted by atomic mass is 16.8. The van der Waals surface area contributed by atoms with Gasteiger partial charge < -0.3 is 55.2 Å². The average Bonchev–Trinajstić information content (AvgIpc) is 3.34. The predicted octanol–water partition coefficient (Wildman–Crippen LogP) is -1.03. The van der Waals surface area contributed by atoms with Crippen molar-refractivity contribution in [2.45, 2.75) is 75.1 Å². The van der Waals surface area contributed by atoms with Crippen LogP contribution in [0, 0.1) is 0 Å². The topological polar surface area (TPSA) is 290 Å². The molecule has 0 amide bonds. The van der Waals surface area contributed by atoms with Crippen LogP contribution in [-0.4, -0.2) is 119 Å². The Morgan fingerprint density at radius 2 is 1.63 bits per heavy atom. The van der Waals surface area contributed by atoms with Crippen molar-refractivity contribution < 1.29 is 79.0 Å². The summed E-state index contributed by atoms with van der Waals surface area (Å²) in [6.07, 6.45) is -6.67. The van der Waals surface area contributed by atoms with Crippen molar-refractivity contribution in [2.75, 3.05) is 4.90 Å². The number of nitrogens with zero attached hydrogens (tertiary/aromatic N) is 2. The molecule has 1 aromatic carbocycles. The molecule has 8 N–H and O–H groups in total. The van der Waals surface area contributed by atoms with Crippen LogP contribution in [0.5, 0.6) is 11.5 Å². The van der Waals surface area contributed by atoms with Gasteiger partial charge in [0.15, 0.2) is 17.5 Å². The van der Waals surface area contributed by atoms with Crippen LogP contribution in [0.3, 0.4) is 0 Å². The Labute approximate surface area is 258 Å². The predicted molar refractivity (Wildman–Crippen MR) is 149 cm³/mol. The smallest absolute Gasteiger partial charge is 0.354 e. The van der Waals surface area contributed by atoms with Gasteiger partial charge in [0.1, 0.15) is 30.1 Å². The molecular weight excluding hydrogens is 620 g/mol. The van der Waals surface area contributed by atoms with Crippen molar-refractivity contribution in [2.24, 2.45) is 4.99 Å². The molecule has 3 aliphatic heterocycles. The summed E-state index contributed by atoms with van der Waals surface area (Å²) in [5.74, 6) is -7.09. The molecule has 0 radical (unpaired) electrons. The number of ether oxygens (including phenoxy) is 3. The summed E-state index contributed by atoms with van der Waals surface area (Å²) in [6, 6.07) is -0.202. The molecule has 0 unspecified atom stereocenters. The Hall–Kier alpha value is -5.04. The Bertz CT molecular complexity index is 1500. The van der Waals surface area contributed by atoms with E-state index in [0.29, 0.717) is 5.56 Å². The number of anilines is 1. The fraction of sp³-hybridized carbons (Fsp3) is 0.429. The van der Waals surface area contributed by atoms with Crippen LogP contribution in [-0.2, 0) is 39.9 Å². The van der Waals surface area contributed by atoms with Gasteiger partial charge in [-0.15, -0.1) is 0 Å². The molecule has 3 aliphatic rings. The maximum Gasteiger partial charge on any atom is 0.354 e. The van der Waals surface area contributed by atoms with E-state index in [2.05, 4.69) is 4.99 Å². The first-order valence-corrected chi connectivity index (χ1v) is 13.7. The standard InChI is InChI=1S/C28H30N2O16/c31-17-10-15-12(8-16(26(42)43)30(15)5-4-11-6-13(24(38)39)29-14(7-11)25(40)41)9-18(17)44-27-22(36)21(35)23(37)28(46-27)45-20(34)3-1-2-19(32)33/h4-6,9-10,14,16,21-23,27-28,31,35-37H,1-3,7-8H2,(H,32,33)(H,38,39)(H,40,41)(H,42,43)/b5-4+/t14-,16-,21+,22+,23-,27-,28-/m0/s1. The third-order valence-corrected chi connectivity index (χ3v) is 7.26.